The van der Waals surface area contributed by atoms with Crippen molar-refractivity contribution in [3.05, 3.63) is 64.7 Å². The normalized spacial score (nSPS) is 16.5. The highest BCUT2D eigenvalue weighted by Gasteiger charge is 2.27. The molecule has 2 aromatic rings. The molecule has 0 aliphatic carbocycles. The first-order chi connectivity index (χ1) is 15.0. The van der Waals surface area contributed by atoms with Crippen LogP contribution in [0.3, 0.4) is 0 Å². The number of nitrogens with one attached hydrogen (secondary N) is 1. The number of nitrogens with zero attached hydrogens (tertiary/aromatic N) is 1. The maximum absolute atomic E-state index is 13.2. The summed E-state index contributed by atoms with van der Waals surface area (Å²) in [6, 6.07) is 14.0. The van der Waals surface area contributed by atoms with Crippen LogP contribution in [0, 0.1) is 0 Å². The number of carbonyl (C=O) groups is 2. The van der Waals surface area contributed by atoms with Gasteiger partial charge in [0.15, 0.2) is 0 Å². The number of rotatable bonds is 9. The van der Waals surface area contributed by atoms with Crippen LogP contribution in [0.1, 0.15) is 30.9 Å². The molecule has 2 atom stereocenters. The lowest BCUT2D eigenvalue weighted by Crippen LogP contribution is -2.49. The van der Waals surface area contributed by atoms with Crippen molar-refractivity contribution in [1.29, 1.82) is 0 Å². The van der Waals surface area contributed by atoms with Gasteiger partial charge in [-0.15, -0.1) is 0 Å². The Morgan fingerprint density at radius 3 is 2.45 bits per heavy atom. The summed E-state index contributed by atoms with van der Waals surface area (Å²) < 4.78 is 10.8. The molecule has 6 nitrogen and oxygen atoms in total. The Bertz CT molecular complexity index is 864. The molecule has 1 heterocycles. The van der Waals surface area contributed by atoms with Crippen LogP contribution in [0.4, 0.5) is 0 Å². The topological polar surface area (TPSA) is 67.9 Å². The van der Waals surface area contributed by atoms with Crippen molar-refractivity contribution in [2.75, 3.05) is 20.3 Å². The van der Waals surface area contributed by atoms with E-state index < -0.39 is 6.04 Å². The second-order valence-corrected chi connectivity index (χ2v) is 8.17. The van der Waals surface area contributed by atoms with Crippen LogP contribution in [0.25, 0.3) is 0 Å². The van der Waals surface area contributed by atoms with Gasteiger partial charge in [-0.05, 0) is 55.2 Å². The summed E-state index contributed by atoms with van der Waals surface area (Å²) >= 11 is 5.95. The third kappa shape index (κ3) is 6.71. The van der Waals surface area contributed by atoms with E-state index in [1.54, 1.807) is 31.1 Å². The Kier molecular flexibility index (Phi) is 8.32. The summed E-state index contributed by atoms with van der Waals surface area (Å²) in [5.41, 5.74) is 1.77. The molecule has 3 rings (SSSR count). The van der Waals surface area contributed by atoms with Crippen LogP contribution in [0.2, 0.25) is 5.02 Å². The zero-order valence-electron chi connectivity index (χ0n) is 18.0. The van der Waals surface area contributed by atoms with E-state index in [-0.39, 0.29) is 24.3 Å². The van der Waals surface area contributed by atoms with Crippen molar-refractivity contribution in [2.24, 2.45) is 0 Å². The van der Waals surface area contributed by atoms with E-state index in [1.165, 1.54) is 0 Å². The summed E-state index contributed by atoms with van der Waals surface area (Å²) in [7, 11) is 1.61. The fourth-order valence-corrected chi connectivity index (χ4v) is 3.68. The minimum absolute atomic E-state index is 0.0518. The van der Waals surface area contributed by atoms with Gasteiger partial charge in [-0.1, -0.05) is 35.9 Å². The molecule has 2 amide bonds. The van der Waals surface area contributed by atoms with Crippen molar-refractivity contribution >= 4 is 23.4 Å². The molecule has 1 fully saturated rings. The van der Waals surface area contributed by atoms with Crippen LogP contribution >= 0.6 is 11.6 Å². The van der Waals surface area contributed by atoms with E-state index >= 15 is 0 Å². The van der Waals surface area contributed by atoms with Crippen molar-refractivity contribution in [3.8, 4) is 5.75 Å². The van der Waals surface area contributed by atoms with E-state index in [9.17, 15) is 9.59 Å². The molecule has 0 aromatic heterocycles. The van der Waals surface area contributed by atoms with Crippen LogP contribution in [0.5, 0.6) is 5.75 Å². The lowest BCUT2D eigenvalue weighted by molar-refractivity contribution is -0.140. The van der Waals surface area contributed by atoms with Gasteiger partial charge >= 0.3 is 0 Å². The number of ether oxygens (including phenoxy) is 2. The van der Waals surface area contributed by atoms with E-state index in [4.69, 9.17) is 21.1 Å². The first-order valence-corrected chi connectivity index (χ1v) is 10.9. The minimum Gasteiger partial charge on any atom is -0.497 e. The van der Waals surface area contributed by atoms with E-state index in [2.05, 4.69) is 5.32 Å². The van der Waals surface area contributed by atoms with Gasteiger partial charge in [0.2, 0.25) is 11.8 Å². The molecule has 166 valence electrons. The number of benzene rings is 2. The van der Waals surface area contributed by atoms with Crippen molar-refractivity contribution in [1.82, 2.24) is 10.2 Å². The Morgan fingerprint density at radius 2 is 1.84 bits per heavy atom. The van der Waals surface area contributed by atoms with Crippen LogP contribution < -0.4 is 10.1 Å². The Balaban J connectivity index is 1.71. The molecular weight excluding hydrogens is 416 g/mol. The van der Waals surface area contributed by atoms with Crippen LogP contribution in [0.15, 0.2) is 48.5 Å². The zero-order valence-corrected chi connectivity index (χ0v) is 18.7. The highest BCUT2D eigenvalue weighted by atomic mass is 35.5. The molecule has 0 unspecified atom stereocenters. The number of methoxy groups -OCH3 is 1. The molecule has 31 heavy (non-hydrogen) atoms. The molecule has 2 aromatic carbocycles. The Labute approximate surface area is 188 Å². The highest BCUT2D eigenvalue weighted by molar-refractivity contribution is 6.30. The lowest BCUT2D eigenvalue weighted by atomic mass is 10.1. The van der Waals surface area contributed by atoms with Gasteiger partial charge in [0.05, 0.1) is 19.6 Å². The average Bonchev–Trinajstić information content (AvgIpc) is 3.31. The van der Waals surface area contributed by atoms with Gasteiger partial charge in [0, 0.05) is 24.7 Å². The summed E-state index contributed by atoms with van der Waals surface area (Å²) in [4.78, 5) is 27.6. The quantitative estimate of drug-likeness (QED) is 0.641. The van der Waals surface area contributed by atoms with E-state index in [0.717, 1.165) is 36.3 Å². The fourth-order valence-electron chi connectivity index (χ4n) is 3.56. The minimum atomic E-state index is -0.622. The van der Waals surface area contributed by atoms with Crippen LogP contribution in [-0.4, -0.2) is 49.1 Å². The zero-order chi connectivity index (χ0) is 22.2. The van der Waals surface area contributed by atoms with Crippen molar-refractivity contribution in [2.45, 2.75) is 44.9 Å². The maximum atomic E-state index is 13.2. The Hall–Kier alpha value is -2.57. The molecule has 1 saturated heterocycles. The largest absolute Gasteiger partial charge is 0.497 e. The Morgan fingerprint density at radius 1 is 1.16 bits per heavy atom. The van der Waals surface area contributed by atoms with Gasteiger partial charge in [0.25, 0.3) is 0 Å². The van der Waals surface area contributed by atoms with Gasteiger partial charge in [-0.2, -0.15) is 0 Å². The summed E-state index contributed by atoms with van der Waals surface area (Å²) in [6.45, 7) is 3.28. The number of hydrogen-bond acceptors (Lipinski definition) is 4. The van der Waals surface area contributed by atoms with E-state index in [1.807, 2.05) is 36.4 Å². The van der Waals surface area contributed by atoms with Gasteiger partial charge in [0.1, 0.15) is 11.8 Å². The van der Waals surface area contributed by atoms with Crippen molar-refractivity contribution in [3.63, 3.8) is 0 Å². The highest BCUT2D eigenvalue weighted by Crippen LogP contribution is 2.17. The molecule has 1 N–H and O–H groups in total. The molecular formula is C24H29ClN2O4. The summed E-state index contributed by atoms with van der Waals surface area (Å²) in [5.74, 6) is 0.427. The third-order valence-electron chi connectivity index (χ3n) is 5.48. The standard InChI is InChI=1S/C24H29ClN2O4/c1-17(24(29)26-15-22-4-3-13-31-22)27(16-19-7-11-21(30-2)12-8-19)23(28)14-18-5-9-20(25)10-6-18/h5-12,17,22H,3-4,13-16H2,1-2H3,(H,26,29)/t17-,22-/m0/s1. The number of amides is 2. The number of hydrogen-bond donors (Lipinski definition) is 1. The molecule has 0 saturated carbocycles. The summed E-state index contributed by atoms with van der Waals surface area (Å²) in [5, 5.41) is 3.56. The smallest absolute Gasteiger partial charge is 0.242 e. The molecule has 7 heteroatoms. The second kappa shape index (κ2) is 11.2. The third-order valence-corrected chi connectivity index (χ3v) is 5.73. The lowest BCUT2D eigenvalue weighted by Gasteiger charge is -2.29. The number of carbonyl (C=O) groups excluding carboxylic acids is 2. The maximum Gasteiger partial charge on any atom is 0.242 e. The first kappa shape index (κ1) is 23.1. The SMILES string of the molecule is COc1ccc(CN(C(=O)Cc2ccc(Cl)cc2)[C@@H](C)C(=O)NC[C@@H]2CCCO2)cc1. The molecule has 1 aliphatic rings. The monoisotopic (exact) mass is 444 g/mol. The van der Waals surface area contributed by atoms with E-state index in [0.29, 0.717) is 18.1 Å². The van der Waals surface area contributed by atoms with Crippen molar-refractivity contribution < 1.29 is 19.1 Å². The molecule has 0 spiro atoms. The first-order valence-electron chi connectivity index (χ1n) is 10.5. The van der Waals surface area contributed by atoms with Gasteiger partial charge in [-0.25, -0.2) is 0 Å². The number of halogens is 1. The second-order valence-electron chi connectivity index (χ2n) is 7.73. The van der Waals surface area contributed by atoms with Gasteiger partial charge in [-0.3, -0.25) is 9.59 Å². The molecule has 0 radical (unpaired) electrons. The summed E-state index contributed by atoms with van der Waals surface area (Å²) in [6.07, 6.45) is 2.20. The molecule has 1 aliphatic heterocycles. The van der Waals surface area contributed by atoms with Gasteiger partial charge < -0.3 is 19.7 Å². The average molecular weight is 445 g/mol. The van der Waals surface area contributed by atoms with Crippen LogP contribution in [-0.2, 0) is 27.3 Å². The molecule has 0 bridgehead atoms. The fraction of sp³-hybridized carbons (Fsp3) is 0.417. The predicted octanol–water partition coefficient (Wildman–Crippen LogP) is 3.60. The predicted molar refractivity (Wildman–Crippen MR) is 120 cm³/mol.